The summed E-state index contributed by atoms with van der Waals surface area (Å²) in [6.45, 7) is 5.60. The average molecular weight is 278 g/mol. The lowest BCUT2D eigenvalue weighted by Crippen LogP contribution is -2.40. The van der Waals surface area contributed by atoms with E-state index in [1.165, 1.54) is 44.2 Å². The molecule has 1 aromatic heterocycles. The van der Waals surface area contributed by atoms with E-state index in [4.69, 9.17) is 0 Å². The highest BCUT2D eigenvalue weighted by Gasteiger charge is 2.32. The van der Waals surface area contributed by atoms with Crippen LogP contribution < -0.4 is 0 Å². The summed E-state index contributed by atoms with van der Waals surface area (Å²) in [5.41, 5.74) is 1.81. The van der Waals surface area contributed by atoms with Crippen molar-refractivity contribution in [3.63, 3.8) is 0 Å². The molecule has 1 heterocycles. The van der Waals surface area contributed by atoms with Gasteiger partial charge in [-0.25, -0.2) is 0 Å². The van der Waals surface area contributed by atoms with E-state index in [9.17, 15) is 0 Å². The summed E-state index contributed by atoms with van der Waals surface area (Å²) in [5, 5.41) is 0. The van der Waals surface area contributed by atoms with E-state index >= 15 is 0 Å². The van der Waals surface area contributed by atoms with E-state index in [2.05, 4.69) is 41.6 Å². The Balaban J connectivity index is 1.97. The van der Waals surface area contributed by atoms with Crippen molar-refractivity contribution in [2.45, 2.75) is 45.6 Å². The van der Waals surface area contributed by atoms with Gasteiger partial charge in [-0.3, -0.25) is 9.88 Å². The van der Waals surface area contributed by atoms with Gasteiger partial charge < -0.3 is 0 Å². The average Bonchev–Trinajstić information content (AvgIpc) is 2.48. The van der Waals surface area contributed by atoms with Gasteiger partial charge in [0, 0.05) is 25.5 Å². The highest BCUT2D eigenvalue weighted by atomic mass is 32.1. The summed E-state index contributed by atoms with van der Waals surface area (Å²) < 4.78 is 0. The third-order valence-electron chi connectivity index (χ3n) is 4.41. The van der Waals surface area contributed by atoms with Gasteiger partial charge in [0.25, 0.3) is 0 Å². The maximum atomic E-state index is 4.65. The minimum Gasteiger partial charge on any atom is -0.299 e. The van der Waals surface area contributed by atoms with Crippen molar-refractivity contribution >= 4 is 12.6 Å². The molecule has 1 saturated carbocycles. The fraction of sp³-hybridized carbons (Fsp3) is 0.688. The summed E-state index contributed by atoms with van der Waals surface area (Å²) in [6, 6.07) is 4.24. The normalized spacial score (nSPS) is 18.7. The quantitative estimate of drug-likeness (QED) is 0.797. The highest BCUT2D eigenvalue weighted by molar-refractivity contribution is 7.80. The van der Waals surface area contributed by atoms with Crippen LogP contribution in [0.5, 0.6) is 0 Å². The lowest BCUT2D eigenvalue weighted by Gasteiger charge is -2.40. The fourth-order valence-corrected chi connectivity index (χ4v) is 3.58. The molecular formula is C16H26N2S. The molecule has 0 atom stereocenters. The zero-order valence-corrected chi connectivity index (χ0v) is 12.9. The Morgan fingerprint density at radius 1 is 1.21 bits per heavy atom. The van der Waals surface area contributed by atoms with E-state index in [-0.39, 0.29) is 0 Å². The molecule has 0 aromatic carbocycles. The number of hydrogen-bond acceptors (Lipinski definition) is 3. The van der Waals surface area contributed by atoms with Crippen LogP contribution in [0.15, 0.2) is 24.5 Å². The summed E-state index contributed by atoms with van der Waals surface area (Å²) in [4.78, 5) is 6.66. The first-order valence-electron chi connectivity index (χ1n) is 7.50. The van der Waals surface area contributed by atoms with Gasteiger partial charge in [-0.05, 0) is 48.3 Å². The van der Waals surface area contributed by atoms with Crippen molar-refractivity contribution in [1.82, 2.24) is 9.88 Å². The summed E-state index contributed by atoms with van der Waals surface area (Å²) in [6.07, 6.45) is 10.6. The predicted octanol–water partition coefficient (Wildman–Crippen LogP) is 3.78. The van der Waals surface area contributed by atoms with Crippen LogP contribution in [0.25, 0.3) is 0 Å². The lowest BCUT2D eigenvalue weighted by molar-refractivity contribution is 0.125. The molecule has 19 heavy (non-hydrogen) atoms. The second-order valence-electron chi connectivity index (χ2n) is 5.88. The molecule has 1 aliphatic rings. The molecule has 0 bridgehead atoms. The monoisotopic (exact) mass is 278 g/mol. The Kier molecular flexibility index (Phi) is 5.71. The van der Waals surface area contributed by atoms with E-state index in [0.29, 0.717) is 5.41 Å². The van der Waals surface area contributed by atoms with Gasteiger partial charge in [-0.1, -0.05) is 26.2 Å². The third kappa shape index (κ3) is 4.22. The second-order valence-corrected chi connectivity index (χ2v) is 6.19. The number of pyridine rings is 1. The van der Waals surface area contributed by atoms with Gasteiger partial charge in [0.05, 0.1) is 0 Å². The smallest absolute Gasteiger partial charge is 0.0271 e. The maximum Gasteiger partial charge on any atom is 0.0271 e. The molecule has 0 N–H and O–H groups in total. The Bertz CT molecular complexity index is 360. The van der Waals surface area contributed by atoms with Crippen LogP contribution in [-0.2, 0) is 6.54 Å². The van der Waals surface area contributed by atoms with Crippen LogP contribution in [0.1, 0.15) is 44.6 Å². The van der Waals surface area contributed by atoms with E-state index in [0.717, 1.165) is 18.8 Å². The zero-order valence-electron chi connectivity index (χ0n) is 12.0. The van der Waals surface area contributed by atoms with Gasteiger partial charge in [0.2, 0.25) is 0 Å². The Labute approximate surface area is 123 Å². The van der Waals surface area contributed by atoms with E-state index < -0.39 is 0 Å². The van der Waals surface area contributed by atoms with Gasteiger partial charge in [0.15, 0.2) is 0 Å². The molecule has 0 aliphatic heterocycles. The van der Waals surface area contributed by atoms with Crippen molar-refractivity contribution in [3.8, 4) is 0 Å². The minimum absolute atomic E-state index is 0.449. The summed E-state index contributed by atoms with van der Waals surface area (Å²) >= 11 is 4.65. The van der Waals surface area contributed by atoms with Crippen LogP contribution in [0.4, 0.5) is 0 Å². The third-order valence-corrected chi connectivity index (χ3v) is 5.08. The molecule has 2 nitrogen and oxygen atoms in total. The van der Waals surface area contributed by atoms with Gasteiger partial charge in [-0.2, -0.15) is 12.6 Å². The molecule has 106 valence electrons. The van der Waals surface area contributed by atoms with Crippen LogP contribution in [0.2, 0.25) is 0 Å². The number of aromatic nitrogens is 1. The number of rotatable bonds is 6. The van der Waals surface area contributed by atoms with E-state index in [1.54, 1.807) is 0 Å². The largest absolute Gasteiger partial charge is 0.299 e. The molecule has 0 unspecified atom stereocenters. The van der Waals surface area contributed by atoms with Crippen LogP contribution >= 0.6 is 12.6 Å². The zero-order chi connectivity index (χ0) is 13.6. The van der Waals surface area contributed by atoms with Crippen LogP contribution in [0.3, 0.4) is 0 Å². The van der Waals surface area contributed by atoms with Crippen molar-refractivity contribution in [1.29, 1.82) is 0 Å². The first-order valence-corrected chi connectivity index (χ1v) is 8.13. The Morgan fingerprint density at radius 2 is 1.89 bits per heavy atom. The molecular weight excluding hydrogens is 252 g/mol. The molecule has 1 fully saturated rings. The minimum atomic E-state index is 0.449. The number of thiol groups is 1. The molecule has 0 spiro atoms. The highest BCUT2D eigenvalue weighted by Crippen LogP contribution is 2.38. The molecule has 1 aromatic rings. The predicted molar refractivity (Wildman–Crippen MR) is 84.6 cm³/mol. The van der Waals surface area contributed by atoms with Gasteiger partial charge in [-0.15, -0.1) is 0 Å². The number of hydrogen-bond donors (Lipinski definition) is 1. The van der Waals surface area contributed by atoms with Crippen molar-refractivity contribution in [2.75, 3.05) is 18.8 Å². The molecule has 0 amide bonds. The SMILES string of the molecule is CCN(Cc1ccncc1)CC1(CS)CCCCC1. The second kappa shape index (κ2) is 7.30. The molecule has 1 aliphatic carbocycles. The topological polar surface area (TPSA) is 16.1 Å². The Hall–Kier alpha value is -0.540. The van der Waals surface area contributed by atoms with Gasteiger partial charge >= 0.3 is 0 Å². The van der Waals surface area contributed by atoms with Crippen molar-refractivity contribution < 1.29 is 0 Å². The molecule has 0 radical (unpaired) electrons. The van der Waals surface area contributed by atoms with Crippen LogP contribution in [0, 0.1) is 5.41 Å². The maximum absolute atomic E-state index is 4.65. The number of nitrogens with zero attached hydrogens (tertiary/aromatic N) is 2. The molecule has 3 heteroatoms. The van der Waals surface area contributed by atoms with E-state index in [1.807, 2.05) is 12.4 Å². The van der Waals surface area contributed by atoms with Crippen LogP contribution in [-0.4, -0.2) is 28.7 Å². The summed E-state index contributed by atoms with van der Waals surface area (Å²) in [7, 11) is 0. The fourth-order valence-electron chi connectivity index (χ4n) is 3.17. The van der Waals surface area contributed by atoms with Gasteiger partial charge in [0.1, 0.15) is 0 Å². The Morgan fingerprint density at radius 3 is 2.47 bits per heavy atom. The lowest BCUT2D eigenvalue weighted by atomic mass is 9.75. The molecule has 0 saturated heterocycles. The standard InChI is InChI=1S/C16H26N2S/c1-2-18(12-15-6-10-17-11-7-15)13-16(14-19)8-4-3-5-9-16/h6-7,10-11,19H,2-5,8-9,12-14H2,1H3. The molecule has 2 rings (SSSR count). The first-order chi connectivity index (χ1) is 9.28. The van der Waals surface area contributed by atoms with Crippen molar-refractivity contribution in [3.05, 3.63) is 30.1 Å². The summed E-state index contributed by atoms with van der Waals surface area (Å²) in [5.74, 6) is 1.03. The van der Waals surface area contributed by atoms with Crippen molar-refractivity contribution in [2.24, 2.45) is 5.41 Å². The first kappa shape index (κ1) is 14.9.